The molecule has 2 aromatic carbocycles. The highest BCUT2D eigenvalue weighted by Crippen LogP contribution is 2.38. The Morgan fingerprint density at radius 2 is 1.84 bits per heavy atom. The second-order valence-corrected chi connectivity index (χ2v) is 8.67. The number of nitrogens with zero attached hydrogens (tertiary/aromatic N) is 2. The number of benzene rings is 2. The lowest BCUT2D eigenvalue weighted by Gasteiger charge is -2.30. The fraction of sp³-hybridized carbons (Fsp3) is 0.320. The van der Waals surface area contributed by atoms with Gasteiger partial charge in [-0.25, -0.2) is 4.39 Å². The maximum atomic E-state index is 14.6. The van der Waals surface area contributed by atoms with Crippen molar-refractivity contribution in [3.8, 4) is 11.1 Å². The lowest BCUT2D eigenvalue weighted by molar-refractivity contribution is -0.130. The summed E-state index contributed by atoms with van der Waals surface area (Å²) in [6, 6.07) is 15.8. The maximum absolute atomic E-state index is 14.6. The molecule has 0 aliphatic carbocycles. The van der Waals surface area contributed by atoms with Gasteiger partial charge in [0.05, 0.1) is 5.41 Å². The van der Waals surface area contributed by atoms with E-state index in [4.69, 9.17) is 0 Å². The van der Waals surface area contributed by atoms with Gasteiger partial charge in [0.1, 0.15) is 11.5 Å². The SMILES string of the molecule is CC(C)NC(=O)C1(Cc2ccccc2-c2ccccc2F)CCN(C(=O)c2ccn[nH]2)C1. The van der Waals surface area contributed by atoms with Crippen molar-refractivity contribution < 1.29 is 14.0 Å². The number of H-pyrrole nitrogens is 1. The van der Waals surface area contributed by atoms with Crippen LogP contribution in [0.15, 0.2) is 60.8 Å². The zero-order valence-electron chi connectivity index (χ0n) is 18.3. The molecule has 1 fully saturated rings. The van der Waals surface area contributed by atoms with Crippen molar-refractivity contribution in [2.75, 3.05) is 13.1 Å². The molecule has 32 heavy (non-hydrogen) atoms. The van der Waals surface area contributed by atoms with E-state index in [1.54, 1.807) is 29.2 Å². The lowest BCUT2D eigenvalue weighted by Crippen LogP contribution is -2.47. The van der Waals surface area contributed by atoms with Crippen LogP contribution in [0.1, 0.15) is 36.3 Å². The molecule has 1 unspecified atom stereocenters. The molecule has 1 aromatic heterocycles. The third kappa shape index (κ3) is 4.28. The summed E-state index contributed by atoms with van der Waals surface area (Å²) in [4.78, 5) is 28.0. The fourth-order valence-electron chi connectivity index (χ4n) is 4.40. The van der Waals surface area contributed by atoms with E-state index in [9.17, 15) is 14.0 Å². The van der Waals surface area contributed by atoms with Crippen molar-refractivity contribution in [2.24, 2.45) is 5.41 Å². The Kier molecular flexibility index (Phi) is 6.08. The molecule has 1 aliphatic heterocycles. The summed E-state index contributed by atoms with van der Waals surface area (Å²) < 4.78 is 14.6. The average molecular weight is 435 g/mol. The summed E-state index contributed by atoms with van der Waals surface area (Å²) in [7, 11) is 0. The normalized spacial score (nSPS) is 18.2. The van der Waals surface area contributed by atoms with Crippen LogP contribution in [0, 0.1) is 11.2 Å². The number of carbonyl (C=O) groups is 2. The number of hydrogen-bond donors (Lipinski definition) is 2. The van der Waals surface area contributed by atoms with Crippen LogP contribution in [0.5, 0.6) is 0 Å². The summed E-state index contributed by atoms with van der Waals surface area (Å²) >= 11 is 0. The van der Waals surface area contributed by atoms with Crippen LogP contribution >= 0.6 is 0 Å². The molecule has 1 atom stereocenters. The summed E-state index contributed by atoms with van der Waals surface area (Å²) in [5.74, 6) is -0.567. The van der Waals surface area contributed by atoms with Gasteiger partial charge in [0.25, 0.3) is 5.91 Å². The monoisotopic (exact) mass is 434 g/mol. The van der Waals surface area contributed by atoms with Gasteiger partial charge in [0, 0.05) is 30.9 Å². The van der Waals surface area contributed by atoms with E-state index in [1.807, 2.05) is 38.1 Å². The van der Waals surface area contributed by atoms with Crippen molar-refractivity contribution in [3.05, 3.63) is 77.9 Å². The minimum absolute atomic E-state index is 0.0291. The first-order chi connectivity index (χ1) is 15.4. The molecule has 2 N–H and O–H groups in total. The Morgan fingerprint density at radius 3 is 2.53 bits per heavy atom. The first-order valence-electron chi connectivity index (χ1n) is 10.8. The van der Waals surface area contributed by atoms with Gasteiger partial charge in [-0.3, -0.25) is 14.7 Å². The van der Waals surface area contributed by atoms with Gasteiger partial charge in [-0.2, -0.15) is 5.10 Å². The third-order valence-electron chi connectivity index (χ3n) is 5.98. The number of likely N-dealkylation sites (tertiary alicyclic amines) is 1. The van der Waals surface area contributed by atoms with Crippen LogP contribution in [-0.2, 0) is 11.2 Å². The Balaban J connectivity index is 1.69. The number of rotatable bonds is 6. The van der Waals surface area contributed by atoms with Crippen LogP contribution in [0.3, 0.4) is 0 Å². The van der Waals surface area contributed by atoms with Crippen molar-refractivity contribution >= 4 is 11.8 Å². The van der Waals surface area contributed by atoms with E-state index in [1.165, 1.54) is 12.3 Å². The van der Waals surface area contributed by atoms with Gasteiger partial charge in [-0.05, 0) is 49.9 Å². The van der Waals surface area contributed by atoms with E-state index in [2.05, 4.69) is 15.5 Å². The van der Waals surface area contributed by atoms with Crippen LogP contribution < -0.4 is 5.32 Å². The van der Waals surface area contributed by atoms with Gasteiger partial charge in [0.15, 0.2) is 0 Å². The zero-order chi connectivity index (χ0) is 22.7. The first-order valence-corrected chi connectivity index (χ1v) is 10.8. The predicted molar refractivity (Wildman–Crippen MR) is 120 cm³/mol. The van der Waals surface area contributed by atoms with Gasteiger partial charge >= 0.3 is 0 Å². The molecule has 3 aromatic rings. The van der Waals surface area contributed by atoms with Crippen LogP contribution in [-0.4, -0.2) is 46.0 Å². The zero-order valence-corrected chi connectivity index (χ0v) is 18.3. The number of amides is 2. The molecule has 0 radical (unpaired) electrons. The summed E-state index contributed by atoms with van der Waals surface area (Å²) in [5, 5.41) is 9.60. The largest absolute Gasteiger partial charge is 0.353 e. The van der Waals surface area contributed by atoms with Gasteiger partial charge < -0.3 is 10.2 Å². The Bertz CT molecular complexity index is 1110. The third-order valence-corrected chi connectivity index (χ3v) is 5.98. The number of aromatic amines is 1. The van der Waals surface area contributed by atoms with Crippen molar-refractivity contribution in [3.63, 3.8) is 0 Å². The molecule has 0 saturated carbocycles. The molecule has 4 rings (SSSR count). The number of aromatic nitrogens is 2. The molecule has 6 nitrogen and oxygen atoms in total. The van der Waals surface area contributed by atoms with Crippen LogP contribution in [0.2, 0.25) is 0 Å². The molecular weight excluding hydrogens is 407 g/mol. The van der Waals surface area contributed by atoms with Crippen molar-refractivity contribution in [1.82, 2.24) is 20.4 Å². The molecule has 0 spiro atoms. The van der Waals surface area contributed by atoms with E-state index >= 15 is 0 Å². The molecule has 2 heterocycles. The Hall–Kier alpha value is -3.48. The molecule has 166 valence electrons. The Morgan fingerprint density at radius 1 is 1.12 bits per heavy atom. The number of halogens is 1. The molecule has 7 heteroatoms. The second kappa shape index (κ2) is 8.94. The van der Waals surface area contributed by atoms with E-state index in [0.29, 0.717) is 30.6 Å². The highest BCUT2D eigenvalue weighted by Gasteiger charge is 2.46. The number of hydrogen-bond acceptors (Lipinski definition) is 3. The topological polar surface area (TPSA) is 78.1 Å². The minimum Gasteiger partial charge on any atom is -0.353 e. The molecule has 1 saturated heterocycles. The summed E-state index contributed by atoms with van der Waals surface area (Å²) in [6.45, 7) is 4.59. The minimum atomic E-state index is -0.804. The fourth-order valence-corrected chi connectivity index (χ4v) is 4.40. The quantitative estimate of drug-likeness (QED) is 0.619. The van der Waals surface area contributed by atoms with E-state index in [0.717, 1.165) is 11.1 Å². The summed E-state index contributed by atoms with van der Waals surface area (Å²) in [6.07, 6.45) is 2.46. The highest BCUT2D eigenvalue weighted by atomic mass is 19.1. The molecule has 2 amide bonds. The second-order valence-electron chi connectivity index (χ2n) is 8.67. The van der Waals surface area contributed by atoms with Gasteiger partial charge in [0.2, 0.25) is 5.91 Å². The summed E-state index contributed by atoms with van der Waals surface area (Å²) in [5.41, 5.74) is 1.75. The molecule has 0 bridgehead atoms. The average Bonchev–Trinajstić information content (AvgIpc) is 3.45. The van der Waals surface area contributed by atoms with Crippen molar-refractivity contribution in [2.45, 2.75) is 32.7 Å². The maximum Gasteiger partial charge on any atom is 0.271 e. The first kappa shape index (κ1) is 21.7. The predicted octanol–water partition coefficient (Wildman–Crippen LogP) is 3.82. The molecule has 1 aliphatic rings. The smallest absolute Gasteiger partial charge is 0.271 e. The standard InChI is InChI=1S/C25H27FN4O2/c1-17(2)28-24(32)25(12-14-30(16-25)23(31)22-11-13-27-29-22)15-18-7-3-4-8-19(18)20-9-5-6-10-21(20)26/h3-11,13,17H,12,14-16H2,1-2H3,(H,27,29)(H,28,32). The molecular formula is C25H27FN4O2. The van der Waals surface area contributed by atoms with Crippen LogP contribution in [0.25, 0.3) is 11.1 Å². The lowest BCUT2D eigenvalue weighted by atomic mass is 9.78. The van der Waals surface area contributed by atoms with E-state index in [-0.39, 0.29) is 30.2 Å². The van der Waals surface area contributed by atoms with E-state index < -0.39 is 5.41 Å². The number of carbonyl (C=O) groups excluding carboxylic acids is 2. The van der Waals surface area contributed by atoms with Crippen LogP contribution in [0.4, 0.5) is 4.39 Å². The van der Waals surface area contributed by atoms with Crippen molar-refractivity contribution in [1.29, 1.82) is 0 Å². The highest BCUT2D eigenvalue weighted by molar-refractivity contribution is 5.94. The van der Waals surface area contributed by atoms with Gasteiger partial charge in [-0.15, -0.1) is 0 Å². The van der Waals surface area contributed by atoms with Gasteiger partial charge in [-0.1, -0.05) is 42.5 Å². The number of nitrogens with one attached hydrogen (secondary N) is 2. The Labute approximate surface area is 186 Å².